The fraction of sp³-hybridized carbons (Fsp3) is 0.577. The number of fused-ring (bicyclic) bond motifs is 1. The van der Waals surface area contributed by atoms with Crippen molar-refractivity contribution in [1.29, 1.82) is 0 Å². The largest absolute Gasteiger partial charge is 0.497 e. The van der Waals surface area contributed by atoms with Gasteiger partial charge >= 0.3 is 6.01 Å². The second-order valence-electron chi connectivity index (χ2n) is 9.04. The van der Waals surface area contributed by atoms with Gasteiger partial charge in [-0.2, -0.15) is 9.97 Å². The molecule has 1 aromatic carbocycles. The van der Waals surface area contributed by atoms with Crippen molar-refractivity contribution >= 4 is 11.5 Å². The van der Waals surface area contributed by atoms with Gasteiger partial charge in [0.05, 0.1) is 45.8 Å². The van der Waals surface area contributed by atoms with Gasteiger partial charge < -0.3 is 23.8 Å². The molecule has 2 fully saturated rings. The van der Waals surface area contributed by atoms with Gasteiger partial charge in [0, 0.05) is 50.1 Å². The zero-order valence-corrected chi connectivity index (χ0v) is 20.6. The Hall–Kier alpha value is -2.75. The summed E-state index contributed by atoms with van der Waals surface area (Å²) in [5.41, 5.74) is 4.51. The van der Waals surface area contributed by atoms with Gasteiger partial charge in [-0.15, -0.1) is 0 Å². The number of ether oxygens (including phenoxy) is 4. The second kappa shape index (κ2) is 11.8. The molecule has 188 valence electrons. The second-order valence-corrected chi connectivity index (χ2v) is 9.04. The van der Waals surface area contributed by atoms with E-state index in [9.17, 15) is 0 Å². The van der Waals surface area contributed by atoms with Crippen LogP contribution in [0.15, 0.2) is 29.3 Å². The van der Waals surface area contributed by atoms with Crippen LogP contribution in [0.1, 0.15) is 29.7 Å². The van der Waals surface area contributed by atoms with E-state index < -0.39 is 0 Å². The fourth-order valence-corrected chi connectivity index (χ4v) is 4.74. The predicted molar refractivity (Wildman–Crippen MR) is 134 cm³/mol. The van der Waals surface area contributed by atoms with E-state index in [2.05, 4.69) is 21.9 Å². The Bertz CT molecular complexity index is 1020. The molecule has 0 unspecified atom stereocenters. The van der Waals surface area contributed by atoms with Gasteiger partial charge in [-0.25, -0.2) is 0 Å². The third-order valence-corrected chi connectivity index (χ3v) is 6.74. The number of morpholine rings is 2. The fourth-order valence-electron chi connectivity index (χ4n) is 4.74. The Labute approximate surface area is 207 Å². The molecule has 0 bridgehead atoms. The lowest BCUT2D eigenvalue weighted by Gasteiger charge is -2.28. The van der Waals surface area contributed by atoms with Crippen molar-refractivity contribution in [2.75, 3.05) is 77.8 Å². The summed E-state index contributed by atoms with van der Waals surface area (Å²) in [6.45, 7) is 8.34. The number of aryl methyl sites for hydroxylation is 1. The molecule has 0 atom stereocenters. The van der Waals surface area contributed by atoms with E-state index in [-0.39, 0.29) is 0 Å². The van der Waals surface area contributed by atoms with Gasteiger partial charge in [-0.3, -0.25) is 9.89 Å². The van der Waals surface area contributed by atoms with Crippen LogP contribution in [-0.2, 0) is 22.4 Å². The monoisotopic (exact) mass is 481 g/mol. The topological polar surface area (TPSA) is 81.5 Å². The molecule has 0 spiro atoms. The quantitative estimate of drug-likeness (QED) is 0.569. The minimum Gasteiger partial charge on any atom is -0.497 e. The van der Waals surface area contributed by atoms with Crippen molar-refractivity contribution in [2.45, 2.75) is 25.8 Å². The van der Waals surface area contributed by atoms with Crippen molar-refractivity contribution < 1.29 is 18.9 Å². The molecular weight excluding hydrogens is 446 g/mol. The average Bonchev–Trinajstić information content (AvgIpc) is 2.92. The number of anilines is 1. The minimum atomic E-state index is 0.420. The Kier molecular flexibility index (Phi) is 8.07. The highest BCUT2D eigenvalue weighted by molar-refractivity contribution is 6.03. The molecule has 0 amide bonds. The smallest absolute Gasteiger partial charge is 0.318 e. The number of aliphatic imine (C=N–C) groups is 1. The lowest BCUT2D eigenvalue weighted by molar-refractivity contribution is 0.0317. The van der Waals surface area contributed by atoms with Crippen LogP contribution >= 0.6 is 0 Å². The maximum Gasteiger partial charge on any atom is 0.318 e. The number of benzene rings is 1. The van der Waals surface area contributed by atoms with Crippen LogP contribution in [-0.4, -0.2) is 93.4 Å². The zero-order valence-electron chi connectivity index (χ0n) is 20.6. The van der Waals surface area contributed by atoms with Crippen molar-refractivity contribution in [2.24, 2.45) is 4.99 Å². The van der Waals surface area contributed by atoms with Gasteiger partial charge in [0.25, 0.3) is 0 Å². The summed E-state index contributed by atoms with van der Waals surface area (Å²) in [5, 5.41) is 0. The van der Waals surface area contributed by atoms with Crippen molar-refractivity contribution in [3.8, 4) is 11.8 Å². The van der Waals surface area contributed by atoms with Crippen LogP contribution in [0.25, 0.3) is 0 Å². The van der Waals surface area contributed by atoms with Crippen molar-refractivity contribution in [1.82, 2.24) is 14.9 Å². The number of nitrogens with zero attached hydrogens (tertiary/aromatic N) is 5. The Morgan fingerprint density at radius 3 is 2.57 bits per heavy atom. The standard InChI is InChI=1S/C26H35N5O4/c1-32-22-6-5-20-3-2-4-24(23(20)18-22)27-19-21-17-25(31-10-14-34-15-11-31)29-26(28-21)35-16-9-30-7-12-33-13-8-30/h5-6,17-18H,2-4,7-16,19H2,1H3. The van der Waals surface area contributed by atoms with E-state index in [1.54, 1.807) is 7.11 Å². The Morgan fingerprint density at radius 1 is 0.971 bits per heavy atom. The van der Waals surface area contributed by atoms with Gasteiger partial charge in [-0.05, 0) is 37.0 Å². The number of aromatic nitrogens is 2. The highest BCUT2D eigenvalue weighted by atomic mass is 16.5. The molecular formula is C26H35N5O4. The summed E-state index contributed by atoms with van der Waals surface area (Å²) in [4.78, 5) is 19.0. The van der Waals surface area contributed by atoms with E-state index in [0.29, 0.717) is 32.4 Å². The molecule has 2 aliphatic heterocycles. The van der Waals surface area contributed by atoms with Crippen molar-refractivity contribution in [3.63, 3.8) is 0 Å². The van der Waals surface area contributed by atoms with Gasteiger partial charge in [0.2, 0.25) is 0 Å². The van der Waals surface area contributed by atoms with Gasteiger partial charge in [-0.1, -0.05) is 6.07 Å². The molecule has 0 saturated carbocycles. The molecule has 3 aliphatic rings. The number of rotatable bonds is 8. The molecule has 0 N–H and O–H groups in total. The SMILES string of the molecule is COc1ccc2c(c1)C(=NCc1cc(N3CCOCC3)nc(OCCN3CCOCC3)n1)CCC2. The first-order valence-corrected chi connectivity index (χ1v) is 12.6. The van der Waals surface area contributed by atoms with Crippen molar-refractivity contribution in [3.05, 3.63) is 41.1 Å². The Balaban J connectivity index is 1.33. The highest BCUT2D eigenvalue weighted by Gasteiger charge is 2.19. The third kappa shape index (κ3) is 6.28. The van der Waals surface area contributed by atoms with Crippen LogP contribution in [0, 0.1) is 0 Å². The summed E-state index contributed by atoms with van der Waals surface area (Å²) in [7, 11) is 1.70. The molecule has 2 saturated heterocycles. The highest BCUT2D eigenvalue weighted by Crippen LogP contribution is 2.27. The van der Waals surface area contributed by atoms with E-state index in [4.69, 9.17) is 33.9 Å². The number of hydrogen-bond donors (Lipinski definition) is 0. The van der Waals surface area contributed by atoms with E-state index >= 15 is 0 Å². The van der Waals surface area contributed by atoms with Crippen LogP contribution in [0.4, 0.5) is 5.82 Å². The first-order chi connectivity index (χ1) is 17.3. The van der Waals surface area contributed by atoms with Crippen LogP contribution in [0.3, 0.4) is 0 Å². The maximum atomic E-state index is 6.03. The molecule has 9 heteroatoms. The van der Waals surface area contributed by atoms with Gasteiger partial charge in [0.1, 0.15) is 18.2 Å². The summed E-state index contributed by atoms with van der Waals surface area (Å²) in [6.07, 6.45) is 3.15. The minimum absolute atomic E-state index is 0.420. The first kappa shape index (κ1) is 24.0. The summed E-state index contributed by atoms with van der Waals surface area (Å²) in [6, 6.07) is 8.75. The molecule has 35 heavy (non-hydrogen) atoms. The summed E-state index contributed by atoms with van der Waals surface area (Å²) < 4.78 is 22.4. The molecule has 1 aliphatic carbocycles. The summed E-state index contributed by atoms with van der Waals surface area (Å²) >= 11 is 0. The average molecular weight is 482 g/mol. The maximum absolute atomic E-state index is 6.03. The molecule has 1 aromatic heterocycles. The van der Waals surface area contributed by atoms with Crippen LogP contribution < -0.4 is 14.4 Å². The number of methoxy groups -OCH3 is 1. The molecule has 0 radical (unpaired) electrons. The van der Waals surface area contributed by atoms with Gasteiger partial charge in [0.15, 0.2) is 0 Å². The van der Waals surface area contributed by atoms with E-state index in [1.807, 2.05) is 12.1 Å². The summed E-state index contributed by atoms with van der Waals surface area (Å²) in [5.74, 6) is 1.75. The molecule has 2 aromatic rings. The van der Waals surface area contributed by atoms with E-state index in [1.165, 1.54) is 11.1 Å². The number of hydrogen-bond acceptors (Lipinski definition) is 9. The Morgan fingerprint density at radius 2 is 1.77 bits per heavy atom. The normalized spacial score (nSPS) is 20.0. The molecule has 3 heterocycles. The van der Waals surface area contributed by atoms with Crippen LogP contribution in [0.2, 0.25) is 0 Å². The molecule has 9 nitrogen and oxygen atoms in total. The first-order valence-electron chi connectivity index (χ1n) is 12.6. The zero-order chi connectivity index (χ0) is 23.9. The molecule has 5 rings (SSSR count). The lowest BCUT2D eigenvalue weighted by atomic mass is 9.90. The van der Waals surface area contributed by atoms with E-state index in [0.717, 1.165) is 88.2 Å². The third-order valence-electron chi connectivity index (χ3n) is 6.74. The van der Waals surface area contributed by atoms with Crippen LogP contribution in [0.5, 0.6) is 11.8 Å². The predicted octanol–water partition coefficient (Wildman–Crippen LogP) is 2.36. The lowest BCUT2D eigenvalue weighted by Crippen LogP contribution is -2.39.